The molecule has 28 heavy (non-hydrogen) atoms. The zero-order valence-corrected chi connectivity index (χ0v) is 15.8. The zero-order chi connectivity index (χ0) is 19.9. The number of anilines is 2. The summed E-state index contributed by atoms with van der Waals surface area (Å²) < 4.78 is 10.5. The van der Waals surface area contributed by atoms with Crippen molar-refractivity contribution >= 4 is 23.3 Å². The predicted molar refractivity (Wildman–Crippen MR) is 105 cm³/mol. The van der Waals surface area contributed by atoms with Crippen molar-refractivity contribution in [2.45, 2.75) is 19.4 Å². The van der Waals surface area contributed by atoms with Gasteiger partial charge in [-0.3, -0.25) is 9.59 Å². The highest BCUT2D eigenvalue weighted by Gasteiger charge is 2.18. The molecule has 0 spiro atoms. The first-order valence-electron chi connectivity index (χ1n) is 9.22. The van der Waals surface area contributed by atoms with E-state index in [-0.39, 0.29) is 12.2 Å². The lowest BCUT2D eigenvalue weighted by atomic mass is 10.1. The number of phenolic OH excluding ortho intramolecular Hbond substituents is 1. The molecular weight excluding hydrogens is 360 g/mol. The topological polar surface area (TPSA) is 88.1 Å². The Morgan fingerprint density at radius 3 is 2.39 bits per heavy atom. The molecule has 7 nitrogen and oxygen atoms in total. The normalized spacial score (nSPS) is 15.0. The summed E-state index contributed by atoms with van der Waals surface area (Å²) in [5.41, 5.74) is 2.42. The number of carbonyl (C=O) groups is 2. The van der Waals surface area contributed by atoms with Gasteiger partial charge in [-0.25, -0.2) is 0 Å². The van der Waals surface area contributed by atoms with Gasteiger partial charge in [0.15, 0.2) is 6.10 Å². The molecule has 1 aliphatic rings. The molecule has 0 saturated carbocycles. The second-order valence-electron chi connectivity index (χ2n) is 6.61. The first-order chi connectivity index (χ1) is 13.5. The van der Waals surface area contributed by atoms with Crippen molar-refractivity contribution in [1.82, 2.24) is 0 Å². The molecule has 1 fully saturated rings. The number of amides is 1. The lowest BCUT2D eigenvalue weighted by Crippen LogP contribution is -2.36. The Morgan fingerprint density at radius 1 is 1.11 bits per heavy atom. The number of hydrogen-bond acceptors (Lipinski definition) is 6. The smallest absolute Gasteiger partial charge is 0.311 e. The Morgan fingerprint density at radius 2 is 1.75 bits per heavy atom. The number of benzene rings is 2. The van der Waals surface area contributed by atoms with Crippen LogP contribution in [0.25, 0.3) is 0 Å². The summed E-state index contributed by atoms with van der Waals surface area (Å²) >= 11 is 0. The average Bonchev–Trinajstić information content (AvgIpc) is 2.71. The van der Waals surface area contributed by atoms with Gasteiger partial charge in [0.2, 0.25) is 0 Å². The van der Waals surface area contributed by atoms with E-state index in [4.69, 9.17) is 9.47 Å². The minimum atomic E-state index is -0.913. The number of phenols is 1. The van der Waals surface area contributed by atoms with Gasteiger partial charge in [0.1, 0.15) is 5.75 Å². The van der Waals surface area contributed by atoms with Crippen molar-refractivity contribution in [3.8, 4) is 5.75 Å². The summed E-state index contributed by atoms with van der Waals surface area (Å²) in [6.45, 7) is 4.66. The average molecular weight is 384 g/mol. The summed E-state index contributed by atoms with van der Waals surface area (Å²) in [6.07, 6.45) is -0.880. The minimum Gasteiger partial charge on any atom is -0.508 e. The van der Waals surface area contributed by atoms with E-state index in [2.05, 4.69) is 10.2 Å². The second-order valence-corrected chi connectivity index (χ2v) is 6.61. The van der Waals surface area contributed by atoms with E-state index in [1.54, 1.807) is 12.1 Å². The molecule has 0 bridgehead atoms. The van der Waals surface area contributed by atoms with E-state index in [1.165, 1.54) is 19.1 Å². The molecule has 2 aromatic carbocycles. The molecule has 3 rings (SSSR count). The van der Waals surface area contributed by atoms with Crippen LogP contribution in [0.1, 0.15) is 12.5 Å². The molecule has 1 saturated heterocycles. The Hall–Kier alpha value is -3.06. The fourth-order valence-corrected chi connectivity index (χ4v) is 2.89. The minimum absolute atomic E-state index is 0.0339. The van der Waals surface area contributed by atoms with Crippen LogP contribution >= 0.6 is 0 Å². The first-order valence-corrected chi connectivity index (χ1v) is 9.22. The third-order valence-corrected chi connectivity index (χ3v) is 4.47. The number of aromatic hydroxyl groups is 1. The number of rotatable bonds is 6. The summed E-state index contributed by atoms with van der Waals surface area (Å²) in [4.78, 5) is 26.5. The van der Waals surface area contributed by atoms with Crippen LogP contribution in [0.5, 0.6) is 5.75 Å². The SMILES string of the molecule is C[C@@H](OC(=O)Cc1ccc(O)cc1)C(=O)Nc1ccc(N2CCOCC2)cc1. The van der Waals surface area contributed by atoms with Crippen LogP contribution in [0.2, 0.25) is 0 Å². The Bertz CT molecular complexity index is 799. The second kappa shape index (κ2) is 9.23. The van der Waals surface area contributed by atoms with Crippen molar-refractivity contribution in [3.05, 3.63) is 54.1 Å². The fraction of sp³-hybridized carbons (Fsp3) is 0.333. The van der Waals surface area contributed by atoms with Crippen LogP contribution in [0.4, 0.5) is 11.4 Å². The third-order valence-electron chi connectivity index (χ3n) is 4.47. The van der Waals surface area contributed by atoms with E-state index in [0.29, 0.717) is 24.5 Å². The van der Waals surface area contributed by atoms with Gasteiger partial charge in [-0.05, 0) is 48.9 Å². The molecule has 1 heterocycles. The van der Waals surface area contributed by atoms with Gasteiger partial charge in [0.05, 0.1) is 19.6 Å². The van der Waals surface area contributed by atoms with Crippen molar-refractivity contribution in [2.24, 2.45) is 0 Å². The highest BCUT2D eigenvalue weighted by Crippen LogP contribution is 2.19. The van der Waals surface area contributed by atoms with E-state index in [9.17, 15) is 14.7 Å². The number of morpholine rings is 1. The molecule has 0 radical (unpaired) electrons. The summed E-state index contributed by atoms with van der Waals surface area (Å²) in [7, 11) is 0. The van der Waals surface area contributed by atoms with Gasteiger partial charge >= 0.3 is 5.97 Å². The molecule has 7 heteroatoms. The van der Waals surface area contributed by atoms with Crippen LogP contribution in [-0.4, -0.2) is 49.4 Å². The standard InChI is InChI=1S/C21H24N2O5/c1-15(28-20(25)14-16-2-8-19(24)9-3-16)21(26)22-17-4-6-18(7-5-17)23-10-12-27-13-11-23/h2-9,15,24H,10-14H2,1H3,(H,22,26)/t15-/m1/s1. The van der Waals surface area contributed by atoms with Crippen molar-refractivity contribution in [3.63, 3.8) is 0 Å². The lowest BCUT2D eigenvalue weighted by molar-refractivity contribution is -0.152. The Balaban J connectivity index is 1.49. The maximum Gasteiger partial charge on any atom is 0.311 e. The Labute approximate surface area is 163 Å². The van der Waals surface area contributed by atoms with E-state index >= 15 is 0 Å². The van der Waals surface area contributed by atoms with Crippen molar-refractivity contribution in [1.29, 1.82) is 0 Å². The van der Waals surface area contributed by atoms with Crippen molar-refractivity contribution < 1.29 is 24.2 Å². The van der Waals surface area contributed by atoms with Gasteiger partial charge in [-0.15, -0.1) is 0 Å². The van der Waals surface area contributed by atoms with Crippen LogP contribution in [0.15, 0.2) is 48.5 Å². The van der Waals surface area contributed by atoms with Crippen LogP contribution in [-0.2, 0) is 25.5 Å². The Kier molecular flexibility index (Phi) is 6.49. The largest absolute Gasteiger partial charge is 0.508 e. The van der Waals surface area contributed by atoms with Gasteiger partial charge in [-0.1, -0.05) is 12.1 Å². The summed E-state index contributed by atoms with van der Waals surface area (Å²) in [6, 6.07) is 13.8. The van der Waals surface area contributed by atoms with Crippen LogP contribution < -0.4 is 10.2 Å². The molecule has 148 valence electrons. The molecule has 0 aromatic heterocycles. The monoisotopic (exact) mass is 384 g/mol. The molecule has 2 N–H and O–H groups in total. The first kappa shape index (κ1) is 19.7. The van der Waals surface area contributed by atoms with E-state index in [0.717, 1.165) is 18.8 Å². The van der Waals surface area contributed by atoms with E-state index in [1.807, 2.05) is 24.3 Å². The molecular formula is C21H24N2O5. The summed E-state index contributed by atoms with van der Waals surface area (Å²) in [5, 5.41) is 12.0. The van der Waals surface area contributed by atoms with Gasteiger partial charge in [0.25, 0.3) is 5.91 Å². The molecule has 1 atom stereocenters. The van der Waals surface area contributed by atoms with Gasteiger partial charge in [-0.2, -0.15) is 0 Å². The highest BCUT2D eigenvalue weighted by atomic mass is 16.5. The highest BCUT2D eigenvalue weighted by molar-refractivity contribution is 5.95. The van der Waals surface area contributed by atoms with Crippen LogP contribution in [0, 0.1) is 0 Å². The number of hydrogen-bond donors (Lipinski definition) is 2. The molecule has 1 amide bonds. The van der Waals surface area contributed by atoms with Crippen molar-refractivity contribution in [2.75, 3.05) is 36.5 Å². The number of ether oxygens (including phenoxy) is 2. The predicted octanol–water partition coefficient (Wildman–Crippen LogP) is 2.34. The number of nitrogens with one attached hydrogen (secondary N) is 1. The van der Waals surface area contributed by atoms with E-state index < -0.39 is 18.0 Å². The fourth-order valence-electron chi connectivity index (χ4n) is 2.89. The number of carbonyl (C=O) groups excluding carboxylic acids is 2. The molecule has 2 aromatic rings. The lowest BCUT2D eigenvalue weighted by Gasteiger charge is -2.28. The quantitative estimate of drug-likeness (QED) is 0.744. The molecule has 0 unspecified atom stereocenters. The summed E-state index contributed by atoms with van der Waals surface area (Å²) in [5.74, 6) is -0.765. The number of nitrogens with zero attached hydrogens (tertiary/aromatic N) is 1. The molecule has 1 aliphatic heterocycles. The molecule has 0 aliphatic carbocycles. The maximum atomic E-state index is 12.3. The maximum absolute atomic E-state index is 12.3. The van der Waals surface area contributed by atoms with Gasteiger partial charge in [0, 0.05) is 24.5 Å². The van der Waals surface area contributed by atoms with Crippen LogP contribution in [0.3, 0.4) is 0 Å². The third kappa shape index (κ3) is 5.47. The van der Waals surface area contributed by atoms with Gasteiger partial charge < -0.3 is 24.8 Å². The number of esters is 1. The zero-order valence-electron chi connectivity index (χ0n) is 15.8.